The largest absolute Gasteiger partial charge is 0.349 e. The first-order valence-corrected chi connectivity index (χ1v) is 7.09. The Bertz CT molecular complexity index is 949. The van der Waals surface area contributed by atoms with Crippen LogP contribution in [0.15, 0.2) is 61.1 Å². The molecule has 0 unspecified atom stereocenters. The van der Waals surface area contributed by atoms with Crippen molar-refractivity contribution in [1.82, 2.24) is 4.98 Å². The van der Waals surface area contributed by atoms with Gasteiger partial charge in [-0.3, -0.25) is 0 Å². The first kappa shape index (κ1) is 12.1. The first-order chi connectivity index (χ1) is 10.2. The number of hydrogen-bond donors (Lipinski definition) is 1. The maximum Gasteiger partial charge on any atom is 0.237 e. The predicted molar refractivity (Wildman–Crippen MR) is 83.6 cm³/mol. The highest BCUT2D eigenvalue weighted by Gasteiger charge is 2.18. The number of nitrogens with zero attached hydrogens (tertiary/aromatic N) is 2. The summed E-state index contributed by atoms with van der Waals surface area (Å²) in [4.78, 5) is 3.57. The Kier molecular flexibility index (Phi) is 2.54. The number of pyridine rings is 2. The number of aromatic nitrogens is 3. The Hall–Kier alpha value is -2.68. The topological polar surface area (TPSA) is 23.5 Å². The molecule has 3 heteroatoms. The lowest BCUT2D eigenvalue weighted by atomic mass is 10.1. The van der Waals surface area contributed by atoms with E-state index in [0.29, 0.717) is 0 Å². The van der Waals surface area contributed by atoms with Gasteiger partial charge < -0.3 is 4.98 Å². The summed E-state index contributed by atoms with van der Waals surface area (Å²) in [6, 6.07) is 14.9. The third kappa shape index (κ3) is 1.82. The first-order valence-electron chi connectivity index (χ1n) is 7.09. The number of nitrogens with one attached hydrogen (secondary N) is 1. The van der Waals surface area contributed by atoms with Crippen LogP contribution >= 0.6 is 0 Å². The van der Waals surface area contributed by atoms with Crippen molar-refractivity contribution < 1.29 is 9.13 Å². The molecule has 0 bridgehead atoms. The van der Waals surface area contributed by atoms with Crippen LogP contribution in [0.4, 0.5) is 0 Å². The van der Waals surface area contributed by atoms with Crippen LogP contribution in [-0.2, 0) is 14.1 Å². The van der Waals surface area contributed by atoms with Crippen LogP contribution in [0.25, 0.3) is 33.1 Å². The highest BCUT2D eigenvalue weighted by Crippen LogP contribution is 2.30. The normalized spacial score (nSPS) is 11.3. The molecule has 3 heterocycles. The highest BCUT2D eigenvalue weighted by molar-refractivity contribution is 6.10. The van der Waals surface area contributed by atoms with Gasteiger partial charge in [0.25, 0.3) is 0 Å². The molecule has 0 aliphatic heterocycles. The average Bonchev–Trinajstić information content (AvgIpc) is 2.87. The lowest BCUT2D eigenvalue weighted by Gasteiger charge is -2.01. The third-order valence-electron chi connectivity index (χ3n) is 4.05. The van der Waals surface area contributed by atoms with E-state index < -0.39 is 0 Å². The van der Waals surface area contributed by atoms with Gasteiger partial charge in [0.1, 0.15) is 19.6 Å². The molecule has 3 aromatic heterocycles. The molecule has 1 N–H and O–H groups in total. The van der Waals surface area contributed by atoms with Gasteiger partial charge in [0.2, 0.25) is 5.69 Å². The number of fused-ring (bicyclic) bond motifs is 3. The molecule has 0 radical (unpaired) electrons. The zero-order valence-corrected chi connectivity index (χ0v) is 12.2. The molecule has 0 atom stereocenters. The van der Waals surface area contributed by atoms with Gasteiger partial charge in [-0.15, -0.1) is 0 Å². The number of H-pyrrole nitrogens is 1. The lowest BCUT2D eigenvalue weighted by molar-refractivity contribution is -0.672. The van der Waals surface area contributed by atoms with Crippen molar-refractivity contribution in [2.45, 2.75) is 0 Å². The maximum atomic E-state index is 3.57. The van der Waals surface area contributed by atoms with E-state index in [2.05, 4.69) is 82.2 Å². The SMILES string of the molecule is C[n+]1ccc(-c2c3[nH]c4ccccc4c3cc[n+]2C)cc1. The van der Waals surface area contributed by atoms with Crippen molar-refractivity contribution in [2.24, 2.45) is 14.1 Å². The second-order valence-electron chi connectivity index (χ2n) is 5.49. The molecule has 0 saturated carbocycles. The summed E-state index contributed by atoms with van der Waals surface area (Å²) in [6.45, 7) is 0. The molecule has 0 aliphatic carbocycles. The maximum absolute atomic E-state index is 3.57. The van der Waals surface area contributed by atoms with Crippen molar-refractivity contribution in [1.29, 1.82) is 0 Å². The van der Waals surface area contributed by atoms with Crippen LogP contribution in [-0.4, -0.2) is 4.98 Å². The zero-order chi connectivity index (χ0) is 14.4. The van der Waals surface area contributed by atoms with Crippen LogP contribution in [0.2, 0.25) is 0 Å². The number of benzene rings is 1. The molecule has 1 aromatic carbocycles. The number of rotatable bonds is 1. The van der Waals surface area contributed by atoms with Crippen LogP contribution in [0.5, 0.6) is 0 Å². The monoisotopic (exact) mass is 275 g/mol. The molecule has 0 aliphatic rings. The van der Waals surface area contributed by atoms with Crippen molar-refractivity contribution in [3.63, 3.8) is 0 Å². The van der Waals surface area contributed by atoms with E-state index in [1.54, 1.807) is 0 Å². The van der Waals surface area contributed by atoms with Gasteiger partial charge in [0.15, 0.2) is 18.6 Å². The summed E-state index contributed by atoms with van der Waals surface area (Å²) in [7, 11) is 4.13. The van der Waals surface area contributed by atoms with Gasteiger partial charge >= 0.3 is 0 Å². The fourth-order valence-corrected chi connectivity index (χ4v) is 2.97. The number of para-hydroxylation sites is 1. The summed E-state index contributed by atoms with van der Waals surface area (Å²) in [5, 5.41) is 2.54. The molecule has 0 fully saturated rings. The van der Waals surface area contributed by atoms with Crippen LogP contribution in [0.3, 0.4) is 0 Å². The molecule has 0 amide bonds. The van der Waals surface area contributed by atoms with E-state index in [0.717, 1.165) is 0 Å². The predicted octanol–water partition coefficient (Wildman–Crippen LogP) is 2.64. The van der Waals surface area contributed by atoms with Crippen molar-refractivity contribution in [2.75, 3.05) is 0 Å². The van der Waals surface area contributed by atoms with Crippen LogP contribution < -0.4 is 9.13 Å². The van der Waals surface area contributed by atoms with E-state index in [9.17, 15) is 0 Å². The van der Waals surface area contributed by atoms with Crippen molar-refractivity contribution in [3.8, 4) is 11.3 Å². The fourth-order valence-electron chi connectivity index (χ4n) is 2.97. The van der Waals surface area contributed by atoms with E-state index in [4.69, 9.17) is 0 Å². The molecule has 0 saturated heterocycles. The van der Waals surface area contributed by atoms with Gasteiger partial charge in [0, 0.05) is 34.5 Å². The van der Waals surface area contributed by atoms with Crippen LogP contribution in [0.1, 0.15) is 0 Å². The Morgan fingerprint density at radius 3 is 2.38 bits per heavy atom. The molecular weight excluding hydrogens is 258 g/mol. The minimum Gasteiger partial charge on any atom is -0.349 e. The summed E-state index contributed by atoms with van der Waals surface area (Å²) in [5.74, 6) is 0. The summed E-state index contributed by atoms with van der Waals surface area (Å²) < 4.78 is 4.22. The average molecular weight is 275 g/mol. The minimum absolute atomic E-state index is 1.18. The van der Waals surface area contributed by atoms with E-state index in [1.807, 2.05) is 7.05 Å². The molecule has 21 heavy (non-hydrogen) atoms. The Balaban J connectivity index is 2.12. The van der Waals surface area contributed by atoms with Gasteiger partial charge in [-0.05, 0) is 6.07 Å². The molecule has 0 spiro atoms. The quantitative estimate of drug-likeness (QED) is 0.516. The number of aryl methyl sites for hydroxylation is 2. The second-order valence-corrected chi connectivity index (χ2v) is 5.49. The zero-order valence-electron chi connectivity index (χ0n) is 12.2. The smallest absolute Gasteiger partial charge is 0.237 e. The summed E-state index contributed by atoms with van der Waals surface area (Å²) in [6.07, 6.45) is 6.29. The Morgan fingerprint density at radius 1 is 0.810 bits per heavy atom. The third-order valence-corrected chi connectivity index (χ3v) is 4.05. The van der Waals surface area contributed by atoms with E-state index >= 15 is 0 Å². The summed E-state index contributed by atoms with van der Waals surface area (Å²) >= 11 is 0. The van der Waals surface area contributed by atoms with Gasteiger partial charge in [-0.25, -0.2) is 4.57 Å². The number of hydrogen-bond acceptors (Lipinski definition) is 0. The van der Waals surface area contributed by atoms with Gasteiger partial charge in [-0.1, -0.05) is 18.2 Å². The van der Waals surface area contributed by atoms with E-state index in [1.165, 1.54) is 33.1 Å². The van der Waals surface area contributed by atoms with E-state index in [-0.39, 0.29) is 0 Å². The Labute approximate surface area is 123 Å². The fraction of sp³-hybridized carbons (Fsp3) is 0.111. The van der Waals surface area contributed by atoms with Crippen molar-refractivity contribution >= 4 is 21.8 Å². The molecule has 102 valence electrons. The number of aromatic amines is 1. The highest BCUT2D eigenvalue weighted by atomic mass is 14.9. The second kappa shape index (κ2) is 4.42. The molecule has 4 rings (SSSR count). The molecule has 3 nitrogen and oxygen atoms in total. The van der Waals surface area contributed by atoms with Gasteiger partial charge in [0.05, 0.1) is 5.56 Å². The molecule has 4 aromatic rings. The van der Waals surface area contributed by atoms with Crippen molar-refractivity contribution in [3.05, 3.63) is 61.1 Å². The standard InChI is InChI=1S/C18H16N3/c1-20-10-7-13(8-11-20)18-17-15(9-12-21(18)2)14-5-3-4-6-16(14)19-17/h3-12H,1-2H3/q+1/p+1. The minimum atomic E-state index is 1.18. The molecular formula is C18H17N3+2. The lowest BCUT2D eigenvalue weighted by Crippen LogP contribution is -2.31. The Morgan fingerprint density at radius 2 is 1.57 bits per heavy atom. The summed E-state index contributed by atoms with van der Waals surface area (Å²) in [5.41, 5.74) is 4.80. The van der Waals surface area contributed by atoms with Gasteiger partial charge in [-0.2, -0.15) is 4.57 Å². The van der Waals surface area contributed by atoms with Crippen LogP contribution in [0, 0.1) is 0 Å².